The maximum Gasteiger partial charge on any atom is 0.515 e. The van der Waals surface area contributed by atoms with E-state index >= 15 is 0 Å². The van der Waals surface area contributed by atoms with Gasteiger partial charge in [-0.1, -0.05) is 6.58 Å². The molecule has 0 N–H and O–H groups in total. The minimum Gasteiger partial charge on any atom is -0.407 e. The summed E-state index contributed by atoms with van der Waals surface area (Å²) in [5.74, 6) is 0.298. The highest BCUT2D eigenvalue weighted by atomic mass is 16.8. The second-order valence-corrected chi connectivity index (χ2v) is 1.81. The number of hydrogen-bond acceptors (Lipinski definition) is 4. The third-order valence-corrected chi connectivity index (χ3v) is 0.722. The topological polar surface area (TPSA) is 44.8 Å². The molecule has 0 aliphatic rings. The van der Waals surface area contributed by atoms with E-state index in [9.17, 15) is 4.79 Å². The molecule has 0 amide bonds. The zero-order valence-electron chi connectivity index (χ0n) is 6.75. The molecule has 4 nitrogen and oxygen atoms in total. The predicted molar refractivity (Wildman–Crippen MR) is 38.9 cm³/mol. The minimum atomic E-state index is -0.786. The molecule has 0 fully saturated rings. The second-order valence-electron chi connectivity index (χ2n) is 1.81. The molecule has 0 atom stereocenters. The van der Waals surface area contributed by atoms with Crippen molar-refractivity contribution in [2.24, 2.45) is 0 Å². The summed E-state index contributed by atoms with van der Waals surface area (Å²) in [6, 6.07) is 0. The van der Waals surface area contributed by atoms with Crippen molar-refractivity contribution in [3.05, 3.63) is 12.3 Å². The van der Waals surface area contributed by atoms with E-state index in [2.05, 4.69) is 16.1 Å². The quantitative estimate of drug-likeness (QED) is 0.271. The lowest BCUT2D eigenvalue weighted by atomic mass is 10.7. The van der Waals surface area contributed by atoms with Gasteiger partial charge in [-0.15, -0.1) is 0 Å². The monoisotopic (exact) mass is 160 g/mol. The van der Waals surface area contributed by atoms with Crippen LogP contribution < -0.4 is 0 Å². The van der Waals surface area contributed by atoms with E-state index in [0.717, 1.165) is 0 Å². The highest BCUT2D eigenvalue weighted by Crippen LogP contribution is 1.93. The van der Waals surface area contributed by atoms with Gasteiger partial charge in [-0.25, -0.2) is 4.79 Å². The highest BCUT2D eigenvalue weighted by Gasteiger charge is 2.02. The second kappa shape index (κ2) is 5.73. The summed E-state index contributed by atoms with van der Waals surface area (Å²) in [4.78, 5) is 10.5. The largest absolute Gasteiger partial charge is 0.515 e. The molecule has 0 spiro atoms. The number of allylic oxidation sites excluding steroid dienone is 1. The molecule has 0 rings (SSSR count). The van der Waals surface area contributed by atoms with Gasteiger partial charge < -0.3 is 14.2 Å². The maximum atomic E-state index is 10.5. The lowest BCUT2D eigenvalue weighted by Crippen LogP contribution is -2.08. The van der Waals surface area contributed by atoms with E-state index in [-0.39, 0.29) is 6.79 Å². The molecule has 0 saturated heterocycles. The van der Waals surface area contributed by atoms with Crippen molar-refractivity contribution < 1.29 is 19.0 Å². The first kappa shape index (κ1) is 9.97. The summed E-state index contributed by atoms with van der Waals surface area (Å²) in [5.41, 5.74) is 0. The van der Waals surface area contributed by atoms with Gasteiger partial charge in [-0.2, -0.15) is 0 Å². The molecule has 4 heteroatoms. The molecule has 0 aromatic rings. The third-order valence-electron chi connectivity index (χ3n) is 0.722. The van der Waals surface area contributed by atoms with Crippen LogP contribution in [0.5, 0.6) is 0 Å². The van der Waals surface area contributed by atoms with Crippen LogP contribution in [-0.2, 0) is 14.2 Å². The van der Waals surface area contributed by atoms with Gasteiger partial charge in [0.25, 0.3) is 0 Å². The third kappa shape index (κ3) is 6.86. The van der Waals surface area contributed by atoms with Crippen LogP contribution in [0, 0.1) is 0 Å². The molecule has 64 valence electrons. The number of rotatable bonds is 4. The smallest absolute Gasteiger partial charge is 0.407 e. The van der Waals surface area contributed by atoms with Crippen molar-refractivity contribution in [2.75, 3.05) is 13.4 Å². The summed E-state index contributed by atoms with van der Waals surface area (Å²) in [6.45, 7) is 7.14. The average Bonchev–Trinajstić information content (AvgIpc) is 1.86. The fraction of sp³-hybridized carbons (Fsp3) is 0.571. The Labute approximate surface area is 65.7 Å². The SMILES string of the molecule is C=C(C)OC(=O)OCOCC. The van der Waals surface area contributed by atoms with Gasteiger partial charge in [0.05, 0.1) is 0 Å². The minimum absolute atomic E-state index is 0.0807. The Bertz CT molecular complexity index is 141. The van der Waals surface area contributed by atoms with Gasteiger partial charge in [0, 0.05) is 6.61 Å². The van der Waals surface area contributed by atoms with Crippen molar-refractivity contribution >= 4 is 6.16 Å². The van der Waals surface area contributed by atoms with Crippen LogP contribution in [0.3, 0.4) is 0 Å². The first-order valence-electron chi connectivity index (χ1n) is 3.24. The van der Waals surface area contributed by atoms with Crippen molar-refractivity contribution in [3.8, 4) is 0 Å². The summed E-state index contributed by atoms with van der Waals surface area (Å²) >= 11 is 0. The summed E-state index contributed by atoms with van der Waals surface area (Å²) in [6.07, 6.45) is -0.786. The number of carbonyl (C=O) groups is 1. The Hall–Kier alpha value is -1.03. The molecule has 0 saturated carbocycles. The molecule has 0 radical (unpaired) electrons. The van der Waals surface area contributed by atoms with Gasteiger partial charge in [-0.3, -0.25) is 0 Å². The molecule has 0 aromatic carbocycles. The van der Waals surface area contributed by atoms with E-state index in [1.54, 1.807) is 13.8 Å². The molecule has 0 heterocycles. The van der Waals surface area contributed by atoms with Gasteiger partial charge in [0.15, 0.2) is 6.79 Å². The highest BCUT2D eigenvalue weighted by molar-refractivity contribution is 5.60. The summed E-state index contributed by atoms with van der Waals surface area (Å²) in [5, 5.41) is 0. The standard InChI is InChI=1S/C7H12O4/c1-4-9-5-10-7(8)11-6(2)3/h2,4-5H2,1,3H3. The van der Waals surface area contributed by atoms with Crippen LogP contribution in [0.1, 0.15) is 13.8 Å². The zero-order chi connectivity index (χ0) is 8.69. The Morgan fingerprint density at radius 1 is 1.55 bits per heavy atom. The first-order valence-corrected chi connectivity index (χ1v) is 3.24. The molecular weight excluding hydrogens is 148 g/mol. The van der Waals surface area contributed by atoms with Crippen LogP contribution >= 0.6 is 0 Å². The van der Waals surface area contributed by atoms with Gasteiger partial charge in [0.1, 0.15) is 5.76 Å². The van der Waals surface area contributed by atoms with Gasteiger partial charge in [0.2, 0.25) is 0 Å². The average molecular weight is 160 g/mol. The van der Waals surface area contributed by atoms with Crippen LogP contribution in [0.25, 0.3) is 0 Å². The fourth-order valence-corrected chi connectivity index (χ4v) is 0.345. The van der Waals surface area contributed by atoms with Crippen molar-refractivity contribution in [3.63, 3.8) is 0 Å². The van der Waals surface area contributed by atoms with Crippen LogP contribution in [-0.4, -0.2) is 19.6 Å². The van der Waals surface area contributed by atoms with E-state index in [4.69, 9.17) is 4.74 Å². The molecule has 0 unspecified atom stereocenters. The lowest BCUT2D eigenvalue weighted by molar-refractivity contribution is -0.0332. The van der Waals surface area contributed by atoms with E-state index in [0.29, 0.717) is 12.4 Å². The Morgan fingerprint density at radius 3 is 2.64 bits per heavy atom. The first-order chi connectivity index (χ1) is 5.16. The molecule has 0 aliphatic heterocycles. The number of hydrogen-bond donors (Lipinski definition) is 0. The number of carbonyl (C=O) groups excluding carboxylic acids is 1. The Kier molecular flexibility index (Phi) is 5.20. The van der Waals surface area contributed by atoms with Crippen LogP contribution in [0.4, 0.5) is 4.79 Å². The molecular formula is C7H12O4. The van der Waals surface area contributed by atoms with Crippen molar-refractivity contribution in [1.29, 1.82) is 0 Å². The van der Waals surface area contributed by atoms with Crippen molar-refractivity contribution in [1.82, 2.24) is 0 Å². The van der Waals surface area contributed by atoms with Crippen LogP contribution in [0.15, 0.2) is 12.3 Å². The van der Waals surface area contributed by atoms with Crippen LogP contribution in [0.2, 0.25) is 0 Å². The number of ether oxygens (including phenoxy) is 3. The van der Waals surface area contributed by atoms with E-state index in [1.165, 1.54) is 0 Å². The maximum absolute atomic E-state index is 10.5. The zero-order valence-corrected chi connectivity index (χ0v) is 6.75. The Morgan fingerprint density at radius 2 is 2.18 bits per heavy atom. The van der Waals surface area contributed by atoms with E-state index in [1.807, 2.05) is 0 Å². The molecule has 0 aromatic heterocycles. The van der Waals surface area contributed by atoms with Gasteiger partial charge >= 0.3 is 6.16 Å². The van der Waals surface area contributed by atoms with Crippen molar-refractivity contribution in [2.45, 2.75) is 13.8 Å². The lowest BCUT2D eigenvalue weighted by Gasteiger charge is -2.03. The fourth-order valence-electron chi connectivity index (χ4n) is 0.345. The summed E-state index contributed by atoms with van der Waals surface area (Å²) < 4.78 is 13.6. The molecule has 11 heavy (non-hydrogen) atoms. The van der Waals surface area contributed by atoms with E-state index < -0.39 is 6.16 Å². The molecule has 0 aliphatic carbocycles. The molecule has 0 bridgehead atoms. The summed E-state index contributed by atoms with van der Waals surface area (Å²) in [7, 11) is 0. The predicted octanol–water partition coefficient (Wildman–Crippen LogP) is 1.67. The Balaban J connectivity index is 3.30. The van der Waals surface area contributed by atoms with Gasteiger partial charge in [-0.05, 0) is 13.8 Å². The normalized spacial score (nSPS) is 8.91.